The number of benzene rings is 1. The zero-order chi connectivity index (χ0) is 13.2. The van der Waals surface area contributed by atoms with E-state index in [4.69, 9.17) is 10.5 Å². The first-order chi connectivity index (χ1) is 9.24. The monoisotopic (exact) mass is 260 g/mol. The Morgan fingerprint density at radius 3 is 2.89 bits per heavy atom. The molecule has 0 amide bonds. The van der Waals surface area contributed by atoms with Crippen molar-refractivity contribution in [2.45, 2.75) is 44.4 Å². The molecular weight excluding hydrogens is 236 g/mol. The summed E-state index contributed by atoms with van der Waals surface area (Å²) in [5.74, 6) is 0. The number of nitrogens with two attached hydrogens (primary N) is 1. The summed E-state index contributed by atoms with van der Waals surface area (Å²) in [6.45, 7) is 4.91. The molecule has 0 spiro atoms. The quantitative estimate of drug-likeness (QED) is 0.877. The Bertz CT molecular complexity index is 433. The second kappa shape index (κ2) is 5.61. The third kappa shape index (κ3) is 2.83. The molecule has 0 bridgehead atoms. The van der Waals surface area contributed by atoms with Crippen LogP contribution in [0, 0.1) is 0 Å². The zero-order valence-electron chi connectivity index (χ0n) is 11.7. The van der Waals surface area contributed by atoms with Gasteiger partial charge in [-0.1, -0.05) is 24.3 Å². The molecule has 1 saturated heterocycles. The van der Waals surface area contributed by atoms with E-state index in [-0.39, 0.29) is 12.1 Å². The Kier molecular flexibility index (Phi) is 3.87. The molecule has 3 nitrogen and oxygen atoms in total. The van der Waals surface area contributed by atoms with Gasteiger partial charge in [0.1, 0.15) is 0 Å². The first kappa shape index (κ1) is 13.1. The van der Waals surface area contributed by atoms with Crippen LogP contribution in [0.3, 0.4) is 0 Å². The standard InChI is InChI=1S/C16H24N2O/c1-12(17)16-11-18(8-9-19-16)15-7-6-13-4-2-3-5-14(13)10-15/h2-5,12,15-16H,6-11,17H2,1H3. The summed E-state index contributed by atoms with van der Waals surface area (Å²) in [7, 11) is 0. The highest BCUT2D eigenvalue weighted by Gasteiger charge is 2.30. The first-order valence-corrected chi connectivity index (χ1v) is 7.42. The molecular formula is C16H24N2O. The van der Waals surface area contributed by atoms with Gasteiger partial charge in [-0.25, -0.2) is 0 Å². The molecule has 104 valence electrons. The number of fused-ring (bicyclic) bond motifs is 1. The molecule has 1 aromatic carbocycles. The Hall–Kier alpha value is -0.900. The van der Waals surface area contributed by atoms with Crippen molar-refractivity contribution in [3.8, 4) is 0 Å². The van der Waals surface area contributed by atoms with E-state index in [9.17, 15) is 0 Å². The maximum absolute atomic E-state index is 5.98. The second-order valence-corrected chi connectivity index (χ2v) is 5.93. The van der Waals surface area contributed by atoms with Crippen molar-refractivity contribution >= 4 is 0 Å². The number of rotatable bonds is 2. The van der Waals surface area contributed by atoms with Crippen molar-refractivity contribution in [1.29, 1.82) is 0 Å². The molecule has 3 heteroatoms. The normalized spacial score (nSPS) is 29.8. The van der Waals surface area contributed by atoms with E-state index in [1.807, 2.05) is 6.92 Å². The predicted octanol–water partition coefficient (Wildman–Crippen LogP) is 1.59. The highest BCUT2D eigenvalue weighted by molar-refractivity contribution is 5.30. The van der Waals surface area contributed by atoms with Gasteiger partial charge < -0.3 is 10.5 Å². The Morgan fingerprint density at radius 1 is 1.32 bits per heavy atom. The van der Waals surface area contributed by atoms with Gasteiger partial charge in [-0.3, -0.25) is 4.90 Å². The summed E-state index contributed by atoms with van der Waals surface area (Å²) in [5, 5.41) is 0. The number of hydrogen-bond acceptors (Lipinski definition) is 3. The number of aryl methyl sites for hydroxylation is 1. The smallest absolute Gasteiger partial charge is 0.0850 e. The molecule has 3 rings (SSSR count). The summed E-state index contributed by atoms with van der Waals surface area (Å²) in [5.41, 5.74) is 9.05. The third-order valence-electron chi connectivity index (χ3n) is 4.55. The predicted molar refractivity (Wildman–Crippen MR) is 77.2 cm³/mol. The average molecular weight is 260 g/mol. The molecule has 1 aliphatic carbocycles. The lowest BCUT2D eigenvalue weighted by Gasteiger charge is -2.41. The average Bonchev–Trinajstić information content (AvgIpc) is 2.47. The molecule has 0 aromatic heterocycles. The number of ether oxygens (including phenoxy) is 1. The maximum Gasteiger partial charge on any atom is 0.0850 e. The van der Waals surface area contributed by atoms with Crippen molar-refractivity contribution in [3.05, 3.63) is 35.4 Å². The molecule has 1 aliphatic heterocycles. The Balaban J connectivity index is 1.67. The number of morpholine rings is 1. The largest absolute Gasteiger partial charge is 0.374 e. The van der Waals surface area contributed by atoms with Crippen LogP contribution in [0.15, 0.2) is 24.3 Å². The van der Waals surface area contributed by atoms with Gasteiger partial charge >= 0.3 is 0 Å². The lowest BCUT2D eigenvalue weighted by atomic mass is 9.87. The lowest BCUT2D eigenvalue weighted by molar-refractivity contribution is -0.0531. The summed E-state index contributed by atoms with van der Waals surface area (Å²) in [6, 6.07) is 9.66. The second-order valence-electron chi connectivity index (χ2n) is 5.93. The van der Waals surface area contributed by atoms with Gasteiger partial charge in [-0.15, -0.1) is 0 Å². The van der Waals surface area contributed by atoms with Gasteiger partial charge in [-0.2, -0.15) is 0 Å². The van der Waals surface area contributed by atoms with Crippen LogP contribution in [0.5, 0.6) is 0 Å². The van der Waals surface area contributed by atoms with Crippen molar-refractivity contribution in [1.82, 2.24) is 4.90 Å². The molecule has 1 fully saturated rings. The van der Waals surface area contributed by atoms with Crippen LogP contribution in [0.4, 0.5) is 0 Å². The molecule has 2 aliphatic rings. The minimum absolute atomic E-state index is 0.124. The number of nitrogens with zero attached hydrogens (tertiary/aromatic N) is 1. The van der Waals surface area contributed by atoms with E-state index in [0.717, 1.165) is 19.7 Å². The molecule has 3 unspecified atom stereocenters. The van der Waals surface area contributed by atoms with E-state index >= 15 is 0 Å². The maximum atomic E-state index is 5.98. The van der Waals surface area contributed by atoms with Crippen LogP contribution in [-0.2, 0) is 17.6 Å². The minimum Gasteiger partial charge on any atom is -0.374 e. The zero-order valence-corrected chi connectivity index (χ0v) is 11.7. The van der Waals surface area contributed by atoms with E-state index in [0.29, 0.717) is 6.04 Å². The van der Waals surface area contributed by atoms with Gasteiger partial charge in [0.05, 0.1) is 12.7 Å². The highest BCUT2D eigenvalue weighted by atomic mass is 16.5. The van der Waals surface area contributed by atoms with Gasteiger partial charge in [-0.05, 0) is 37.3 Å². The topological polar surface area (TPSA) is 38.5 Å². The van der Waals surface area contributed by atoms with Gasteiger partial charge in [0.2, 0.25) is 0 Å². The van der Waals surface area contributed by atoms with Gasteiger partial charge in [0.15, 0.2) is 0 Å². The molecule has 0 saturated carbocycles. The van der Waals surface area contributed by atoms with Gasteiger partial charge in [0.25, 0.3) is 0 Å². The van der Waals surface area contributed by atoms with Crippen molar-refractivity contribution in [3.63, 3.8) is 0 Å². The molecule has 1 heterocycles. The third-order valence-corrected chi connectivity index (χ3v) is 4.55. The highest BCUT2D eigenvalue weighted by Crippen LogP contribution is 2.25. The Morgan fingerprint density at radius 2 is 2.11 bits per heavy atom. The molecule has 2 N–H and O–H groups in total. The van der Waals surface area contributed by atoms with Gasteiger partial charge in [0, 0.05) is 25.2 Å². The summed E-state index contributed by atoms with van der Waals surface area (Å²) in [6.07, 6.45) is 3.86. The number of hydrogen-bond donors (Lipinski definition) is 1. The SMILES string of the molecule is CC(N)C1CN(C2CCc3ccccc3C2)CCO1. The molecule has 19 heavy (non-hydrogen) atoms. The summed E-state index contributed by atoms with van der Waals surface area (Å²) < 4.78 is 5.76. The van der Waals surface area contributed by atoms with Crippen LogP contribution in [0.25, 0.3) is 0 Å². The minimum atomic E-state index is 0.124. The van der Waals surface area contributed by atoms with E-state index in [1.54, 1.807) is 0 Å². The van der Waals surface area contributed by atoms with E-state index in [2.05, 4.69) is 29.2 Å². The van der Waals surface area contributed by atoms with Crippen molar-refractivity contribution in [2.24, 2.45) is 5.73 Å². The van der Waals surface area contributed by atoms with Crippen molar-refractivity contribution < 1.29 is 4.74 Å². The first-order valence-electron chi connectivity index (χ1n) is 7.42. The van der Waals surface area contributed by atoms with Crippen LogP contribution < -0.4 is 5.73 Å². The fourth-order valence-electron chi connectivity index (χ4n) is 3.34. The van der Waals surface area contributed by atoms with E-state index < -0.39 is 0 Å². The van der Waals surface area contributed by atoms with Crippen LogP contribution >= 0.6 is 0 Å². The molecule has 0 radical (unpaired) electrons. The van der Waals surface area contributed by atoms with E-state index in [1.165, 1.54) is 30.4 Å². The van der Waals surface area contributed by atoms with Crippen LogP contribution in [-0.4, -0.2) is 42.8 Å². The fourth-order valence-corrected chi connectivity index (χ4v) is 3.34. The molecule has 3 atom stereocenters. The summed E-state index contributed by atoms with van der Waals surface area (Å²) in [4.78, 5) is 2.59. The van der Waals surface area contributed by atoms with Crippen LogP contribution in [0.2, 0.25) is 0 Å². The molecule has 1 aromatic rings. The van der Waals surface area contributed by atoms with Crippen molar-refractivity contribution in [2.75, 3.05) is 19.7 Å². The lowest BCUT2D eigenvalue weighted by Crippen LogP contribution is -2.53. The van der Waals surface area contributed by atoms with Crippen LogP contribution in [0.1, 0.15) is 24.5 Å². The Labute approximate surface area is 115 Å². The fraction of sp³-hybridized carbons (Fsp3) is 0.625. The summed E-state index contributed by atoms with van der Waals surface area (Å²) >= 11 is 0.